The fourth-order valence-corrected chi connectivity index (χ4v) is 4.78. The van der Waals surface area contributed by atoms with Crippen LogP contribution in [0.25, 0.3) is 0 Å². The van der Waals surface area contributed by atoms with Crippen molar-refractivity contribution in [2.75, 3.05) is 0 Å². The lowest BCUT2D eigenvalue weighted by Gasteiger charge is -2.36. The molecule has 2 N–H and O–H groups in total. The highest BCUT2D eigenvalue weighted by molar-refractivity contribution is 9.11. The van der Waals surface area contributed by atoms with E-state index in [0.29, 0.717) is 8.95 Å². The number of aryl methyl sites for hydroxylation is 1. The smallest absolute Gasteiger partial charge is 0.341 e. The minimum atomic E-state index is -0.316. The van der Waals surface area contributed by atoms with Crippen molar-refractivity contribution in [3.8, 4) is 5.75 Å². The summed E-state index contributed by atoms with van der Waals surface area (Å²) in [6.45, 7) is 0. The molecule has 1 heterocycles. The maximum atomic E-state index is 12.2. The number of phenolic OH excluding ortho intramolecular Hbond substituents is 1. The van der Waals surface area contributed by atoms with Crippen molar-refractivity contribution < 1.29 is 9.90 Å². The molecule has 0 bridgehead atoms. The zero-order valence-electron chi connectivity index (χ0n) is 12.6. The predicted molar refractivity (Wildman–Crippen MR) is 99.6 cm³/mol. The summed E-state index contributed by atoms with van der Waals surface area (Å²) in [5.41, 5.74) is 4.13. The Hall–Kier alpha value is -1.66. The lowest BCUT2D eigenvalue weighted by molar-refractivity contribution is 0.239. The fraction of sp³-hybridized carbons (Fsp3) is 0.222. The van der Waals surface area contributed by atoms with Gasteiger partial charge in [0.25, 0.3) is 0 Å². The van der Waals surface area contributed by atoms with E-state index in [0.717, 1.165) is 29.7 Å². The molecule has 1 aliphatic heterocycles. The van der Waals surface area contributed by atoms with Gasteiger partial charge in [-0.25, -0.2) is 4.79 Å². The Balaban J connectivity index is 1.81. The van der Waals surface area contributed by atoms with Crippen LogP contribution in [0.3, 0.4) is 0 Å². The first-order valence-electron chi connectivity index (χ1n) is 7.70. The highest BCUT2D eigenvalue weighted by atomic mass is 79.9. The molecule has 0 fully saturated rings. The monoisotopic (exact) mass is 448 g/mol. The van der Waals surface area contributed by atoms with E-state index >= 15 is 0 Å². The van der Waals surface area contributed by atoms with E-state index in [1.54, 1.807) is 0 Å². The number of hydrogen-bond donors (Lipinski definition) is 2. The van der Waals surface area contributed by atoms with Crippen LogP contribution in [0.15, 0.2) is 50.3 Å². The summed E-state index contributed by atoms with van der Waals surface area (Å²) in [4.78, 5) is 16.5. The van der Waals surface area contributed by atoms with Crippen molar-refractivity contribution in [3.63, 3.8) is 0 Å². The van der Waals surface area contributed by atoms with Crippen LogP contribution < -0.4 is 5.32 Å². The lowest BCUT2D eigenvalue weighted by atomic mass is 9.75. The first kappa shape index (κ1) is 15.8. The van der Waals surface area contributed by atoms with Crippen LogP contribution in [0.5, 0.6) is 5.75 Å². The van der Waals surface area contributed by atoms with Crippen molar-refractivity contribution in [3.05, 3.63) is 62.0 Å². The van der Waals surface area contributed by atoms with E-state index in [1.165, 1.54) is 5.56 Å². The Bertz CT molecular complexity index is 856. The Labute approximate surface area is 156 Å². The maximum absolute atomic E-state index is 12.2. The van der Waals surface area contributed by atoms with E-state index in [-0.39, 0.29) is 23.7 Å². The van der Waals surface area contributed by atoms with Gasteiger partial charge in [0, 0.05) is 5.92 Å². The van der Waals surface area contributed by atoms with Gasteiger partial charge in [0.1, 0.15) is 5.75 Å². The second-order valence-electron chi connectivity index (χ2n) is 6.06. The van der Waals surface area contributed by atoms with Crippen LogP contribution in [-0.4, -0.2) is 16.8 Å². The highest BCUT2D eigenvalue weighted by Crippen LogP contribution is 2.41. The van der Waals surface area contributed by atoms with E-state index < -0.39 is 0 Å². The van der Waals surface area contributed by atoms with Crippen molar-refractivity contribution >= 4 is 43.6 Å². The molecule has 1 aliphatic carbocycles. The number of carbonyl (C=O) groups excluding carboxylic acids is 1. The quantitative estimate of drug-likeness (QED) is 0.660. The minimum absolute atomic E-state index is 0.126. The van der Waals surface area contributed by atoms with Gasteiger partial charge in [-0.15, -0.1) is 0 Å². The number of carbonyl (C=O) groups is 1. The normalized spacial score (nSPS) is 22.2. The third-order valence-corrected chi connectivity index (χ3v) is 5.88. The number of amides is 2. The Morgan fingerprint density at radius 2 is 1.88 bits per heavy atom. The summed E-state index contributed by atoms with van der Waals surface area (Å²) in [6, 6.07) is 11.4. The predicted octanol–water partition coefficient (Wildman–Crippen LogP) is 4.73. The molecular formula is C18H14Br2N2O2. The second-order valence-corrected chi connectivity index (χ2v) is 7.77. The molecule has 2 aromatic rings. The number of hydrogen-bond acceptors (Lipinski definition) is 2. The number of fused-ring (bicyclic) bond motifs is 3. The molecule has 2 aromatic carbocycles. The van der Waals surface area contributed by atoms with Crippen LogP contribution in [-0.2, 0) is 6.42 Å². The molecule has 2 unspecified atom stereocenters. The number of halogens is 2. The van der Waals surface area contributed by atoms with Crippen LogP contribution >= 0.6 is 31.9 Å². The molecule has 4 nitrogen and oxygen atoms in total. The molecule has 0 saturated heterocycles. The number of nitrogens with zero attached hydrogens (tertiary/aromatic N) is 1. The van der Waals surface area contributed by atoms with Gasteiger partial charge < -0.3 is 10.4 Å². The van der Waals surface area contributed by atoms with Crippen molar-refractivity contribution in [1.82, 2.24) is 5.32 Å². The third kappa shape index (κ3) is 2.58. The first-order chi connectivity index (χ1) is 11.5. The largest absolute Gasteiger partial charge is 0.506 e. The van der Waals surface area contributed by atoms with Gasteiger partial charge >= 0.3 is 6.03 Å². The molecule has 24 heavy (non-hydrogen) atoms. The highest BCUT2D eigenvalue weighted by Gasteiger charge is 2.37. The Kier molecular flexibility index (Phi) is 3.96. The van der Waals surface area contributed by atoms with Gasteiger partial charge in [0.05, 0.1) is 20.7 Å². The average molecular weight is 450 g/mol. The molecule has 0 spiro atoms. The van der Waals surface area contributed by atoms with E-state index in [1.807, 2.05) is 30.3 Å². The molecule has 2 atom stereocenters. The SMILES string of the molecule is O=C1N=C2c3ccccc3CCC2C(c2cc(Br)c(O)c(Br)c2)N1. The molecule has 6 heteroatoms. The van der Waals surface area contributed by atoms with E-state index in [9.17, 15) is 9.90 Å². The maximum Gasteiger partial charge on any atom is 0.341 e. The zero-order valence-corrected chi connectivity index (χ0v) is 15.8. The molecule has 0 saturated carbocycles. The zero-order chi connectivity index (χ0) is 16.8. The molecule has 2 aliphatic rings. The van der Waals surface area contributed by atoms with Crippen molar-refractivity contribution in [2.45, 2.75) is 18.9 Å². The molecule has 0 radical (unpaired) electrons. The standard InChI is InChI=1S/C18H14Br2N2O2/c19-13-7-10(8-14(20)17(13)23)15-12-6-5-9-3-1-2-4-11(9)16(12)22-18(24)21-15/h1-4,7-8,12,15,23H,5-6H2,(H,21,24). The fourth-order valence-electron chi connectivity index (χ4n) is 3.56. The van der Waals surface area contributed by atoms with E-state index in [2.05, 4.69) is 48.2 Å². The van der Waals surface area contributed by atoms with Crippen LogP contribution in [0.1, 0.15) is 29.2 Å². The third-order valence-electron chi connectivity index (χ3n) is 4.67. The van der Waals surface area contributed by atoms with Crippen molar-refractivity contribution in [2.24, 2.45) is 10.9 Å². The summed E-state index contributed by atoms with van der Waals surface area (Å²) >= 11 is 6.74. The van der Waals surface area contributed by atoms with Crippen LogP contribution in [0.2, 0.25) is 0 Å². The first-order valence-corrected chi connectivity index (χ1v) is 9.28. The van der Waals surface area contributed by atoms with Gasteiger partial charge in [-0.2, -0.15) is 4.99 Å². The van der Waals surface area contributed by atoms with Gasteiger partial charge in [0.2, 0.25) is 0 Å². The number of rotatable bonds is 1. The summed E-state index contributed by atoms with van der Waals surface area (Å²) in [5, 5.41) is 12.9. The second kappa shape index (κ2) is 6.01. The van der Waals surface area contributed by atoms with Gasteiger partial charge in [0.15, 0.2) is 0 Å². The van der Waals surface area contributed by atoms with Gasteiger partial charge in [-0.1, -0.05) is 24.3 Å². The summed E-state index contributed by atoms with van der Waals surface area (Å²) in [7, 11) is 0. The number of urea groups is 1. The summed E-state index contributed by atoms with van der Waals surface area (Å²) in [5.74, 6) is 0.282. The van der Waals surface area contributed by atoms with Crippen molar-refractivity contribution in [1.29, 1.82) is 0 Å². The molecule has 4 rings (SSSR count). The van der Waals surface area contributed by atoms with Gasteiger partial charge in [-0.05, 0) is 73.5 Å². The number of benzene rings is 2. The number of aromatic hydroxyl groups is 1. The Morgan fingerprint density at radius 1 is 1.17 bits per heavy atom. The topological polar surface area (TPSA) is 61.7 Å². The van der Waals surface area contributed by atoms with E-state index in [4.69, 9.17) is 0 Å². The van der Waals surface area contributed by atoms with Crippen LogP contribution in [0.4, 0.5) is 4.79 Å². The average Bonchev–Trinajstić information content (AvgIpc) is 2.58. The van der Waals surface area contributed by atoms with Gasteiger partial charge in [-0.3, -0.25) is 0 Å². The summed E-state index contributed by atoms with van der Waals surface area (Å²) in [6.07, 6.45) is 1.89. The number of phenols is 1. The minimum Gasteiger partial charge on any atom is -0.506 e. The Morgan fingerprint density at radius 3 is 2.62 bits per heavy atom. The molecular weight excluding hydrogens is 436 g/mol. The number of aliphatic imine (C=N–C) groups is 1. The summed E-state index contributed by atoms with van der Waals surface area (Å²) < 4.78 is 1.20. The molecule has 0 aromatic heterocycles. The lowest BCUT2D eigenvalue weighted by Crippen LogP contribution is -2.43. The van der Waals surface area contributed by atoms with Crippen LogP contribution in [0, 0.1) is 5.92 Å². The molecule has 122 valence electrons. The number of nitrogens with one attached hydrogen (secondary N) is 1. The molecule has 2 amide bonds.